The molecule has 23 heavy (non-hydrogen) atoms. The zero-order valence-electron chi connectivity index (χ0n) is 13.1. The van der Waals surface area contributed by atoms with E-state index in [4.69, 9.17) is 21.4 Å². The molecular weight excluding hydrogens is 318 g/mol. The summed E-state index contributed by atoms with van der Waals surface area (Å²) in [6.07, 6.45) is -0.831. The molecular formula is C16H22ClN3O3. The number of anilines is 1. The van der Waals surface area contributed by atoms with Crippen molar-refractivity contribution in [3.05, 3.63) is 28.8 Å². The quantitative estimate of drug-likeness (QED) is 0.912. The fraction of sp³-hybridized carbons (Fsp3) is 0.562. The van der Waals surface area contributed by atoms with Crippen molar-refractivity contribution in [2.75, 3.05) is 57.4 Å². The van der Waals surface area contributed by atoms with Gasteiger partial charge in [0.05, 0.1) is 23.9 Å². The summed E-state index contributed by atoms with van der Waals surface area (Å²) in [4.78, 5) is 16.9. The SMILES string of the molecule is O=C(O)N1CCN(Cc2ccc(N3CCOCC3)c(Cl)c2)CC1. The summed E-state index contributed by atoms with van der Waals surface area (Å²) < 4.78 is 5.37. The van der Waals surface area contributed by atoms with Gasteiger partial charge in [-0.25, -0.2) is 4.79 Å². The Balaban J connectivity index is 1.59. The van der Waals surface area contributed by atoms with Gasteiger partial charge in [-0.15, -0.1) is 0 Å². The number of amides is 1. The number of piperazine rings is 1. The maximum Gasteiger partial charge on any atom is 0.407 e. The van der Waals surface area contributed by atoms with Crippen LogP contribution >= 0.6 is 11.6 Å². The Morgan fingerprint density at radius 2 is 1.83 bits per heavy atom. The van der Waals surface area contributed by atoms with E-state index in [0.717, 1.165) is 62.2 Å². The maximum absolute atomic E-state index is 10.9. The first-order chi connectivity index (χ1) is 11.1. The number of benzene rings is 1. The summed E-state index contributed by atoms with van der Waals surface area (Å²) in [5.41, 5.74) is 2.23. The van der Waals surface area contributed by atoms with Crippen molar-refractivity contribution in [3.63, 3.8) is 0 Å². The van der Waals surface area contributed by atoms with E-state index in [0.29, 0.717) is 13.1 Å². The summed E-state index contributed by atoms with van der Waals surface area (Å²) >= 11 is 6.46. The van der Waals surface area contributed by atoms with E-state index >= 15 is 0 Å². The number of hydrogen-bond acceptors (Lipinski definition) is 4. The number of morpholine rings is 1. The molecule has 2 saturated heterocycles. The summed E-state index contributed by atoms with van der Waals surface area (Å²) in [5.74, 6) is 0. The van der Waals surface area contributed by atoms with Crippen molar-refractivity contribution < 1.29 is 14.6 Å². The van der Waals surface area contributed by atoms with Crippen LogP contribution in [0.1, 0.15) is 5.56 Å². The van der Waals surface area contributed by atoms with Crippen molar-refractivity contribution in [3.8, 4) is 0 Å². The second-order valence-corrected chi connectivity index (χ2v) is 6.34. The monoisotopic (exact) mass is 339 g/mol. The van der Waals surface area contributed by atoms with E-state index in [1.54, 1.807) is 0 Å². The van der Waals surface area contributed by atoms with Crippen LogP contribution in [0.4, 0.5) is 10.5 Å². The largest absolute Gasteiger partial charge is 0.465 e. The van der Waals surface area contributed by atoms with Crippen molar-refractivity contribution in [1.82, 2.24) is 9.80 Å². The van der Waals surface area contributed by atoms with Crippen LogP contribution < -0.4 is 4.90 Å². The second-order valence-electron chi connectivity index (χ2n) is 5.93. The van der Waals surface area contributed by atoms with Gasteiger partial charge >= 0.3 is 6.09 Å². The Morgan fingerprint density at radius 3 is 2.43 bits per heavy atom. The van der Waals surface area contributed by atoms with Gasteiger partial charge in [0.2, 0.25) is 0 Å². The average molecular weight is 340 g/mol. The molecule has 7 heteroatoms. The topological polar surface area (TPSA) is 56.2 Å². The highest BCUT2D eigenvalue weighted by molar-refractivity contribution is 6.33. The molecule has 3 rings (SSSR count). The van der Waals surface area contributed by atoms with Gasteiger partial charge in [-0.3, -0.25) is 4.90 Å². The number of halogens is 1. The first kappa shape index (κ1) is 16.4. The number of hydrogen-bond donors (Lipinski definition) is 1. The van der Waals surface area contributed by atoms with Gasteiger partial charge in [0, 0.05) is 45.8 Å². The van der Waals surface area contributed by atoms with E-state index in [1.165, 1.54) is 4.90 Å². The van der Waals surface area contributed by atoms with Crippen LogP contribution in [0, 0.1) is 0 Å². The molecule has 0 aromatic heterocycles. The van der Waals surface area contributed by atoms with Gasteiger partial charge in [0.1, 0.15) is 0 Å². The molecule has 0 atom stereocenters. The van der Waals surface area contributed by atoms with Gasteiger partial charge < -0.3 is 19.6 Å². The Kier molecular flexibility index (Phi) is 5.25. The molecule has 2 fully saturated rings. The van der Waals surface area contributed by atoms with Crippen molar-refractivity contribution in [2.45, 2.75) is 6.54 Å². The lowest BCUT2D eigenvalue weighted by atomic mass is 10.1. The van der Waals surface area contributed by atoms with E-state index < -0.39 is 6.09 Å². The standard InChI is InChI=1S/C16H22ClN3O3/c17-14-11-13(1-2-15(14)19-7-9-23-10-8-19)12-18-3-5-20(6-4-18)16(21)22/h1-2,11H,3-10,12H2,(H,21,22). The smallest absolute Gasteiger partial charge is 0.407 e. The molecule has 1 N–H and O–H groups in total. The summed E-state index contributed by atoms with van der Waals surface area (Å²) in [6.45, 7) is 6.68. The summed E-state index contributed by atoms with van der Waals surface area (Å²) in [7, 11) is 0. The Morgan fingerprint density at radius 1 is 1.13 bits per heavy atom. The minimum absolute atomic E-state index is 0.564. The minimum Gasteiger partial charge on any atom is -0.465 e. The van der Waals surface area contributed by atoms with Gasteiger partial charge in [-0.2, -0.15) is 0 Å². The van der Waals surface area contributed by atoms with Crippen molar-refractivity contribution in [2.24, 2.45) is 0 Å². The maximum atomic E-state index is 10.9. The summed E-state index contributed by atoms with van der Waals surface area (Å²) in [5, 5.41) is 9.75. The zero-order valence-corrected chi connectivity index (χ0v) is 13.8. The van der Waals surface area contributed by atoms with Crippen LogP contribution in [0.5, 0.6) is 0 Å². The predicted molar refractivity (Wildman–Crippen MR) is 89.4 cm³/mol. The van der Waals surface area contributed by atoms with Crippen LogP contribution in [0.3, 0.4) is 0 Å². The fourth-order valence-electron chi connectivity index (χ4n) is 3.06. The van der Waals surface area contributed by atoms with Crippen molar-refractivity contribution in [1.29, 1.82) is 0 Å². The third-order valence-corrected chi connectivity index (χ3v) is 4.72. The molecule has 2 aliphatic rings. The van der Waals surface area contributed by atoms with Gasteiger partial charge in [-0.05, 0) is 17.7 Å². The first-order valence-corrected chi connectivity index (χ1v) is 8.32. The van der Waals surface area contributed by atoms with Crippen LogP contribution in [0.15, 0.2) is 18.2 Å². The zero-order chi connectivity index (χ0) is 16.2. The molecule has 0 bridgehead atoms. The molecule has 6 nitrogen and oxygen atoms in total. The van der Waals surface area contributed by atoms with Crippen LogP contribution in [-0.4, -0.2) is 73.5 Å². The van der Waals surface area contributed by atoms with E-state index in [9.17, 15) is 4.79 Å². The number of nitrogens with zero attached hydrogens (tertiary/aromatic N) is 3. The van der Waals surface area contributed by atoms with Crippen LogP contribution in [0.25, 0.3) is 0 Å². The lowest BCUT2D eigenvalue weighted by Crippen LogP contribution is -2.47. The van der Waals surface area contributed by atoms with Gasteiger partial charge in [0.25, 0.3) is 0 Å². The number of ether oxygens (including phenoxy) is 1. The van der Waals surface area contributed by atoms with E-state index in [-0.39, 0.29) is 0 Å². The van der Waals surface area contributed by atoms with E-state index in [2.05, 4.69) is 21.9 Å². The van der Waals surface area contributed by atoms with Gasteiger partial charge in [-0.1, -0.05) is 17.7 Å². The first-order valence-electron chi connectivity index (χ1n) is 7.95. The molecule has 2 heterocycles. The molecule has 126 valence electrons. The highest BCUT2D eigenvalue weighted by Gasteiger charge is 2.21. The van der Waals surface area contributed by atoms with Crippen molar-refractivity contribution >= 4 is 23.4 Å². The highest BCUT2D eigenvalue weighted by Crippen LogP contribution is 2.28. The second kappa shape index (κ2) is 7.38. The normalized spacial score (nSPS) is 19.9. The molecule has 0 unspecified atom stereocenters. The number of carboxylic acid groups (broad SMARTS) is 1. The fourth-order valence-corrected chi connectivity index (χ4v) is 3.39. The number of carbonyl (C=O) groups is 1. The molecule has 0 spiro atoms. The molecule has 0 aliphatic carbocycles. The Hall–Kier alpha value is -1.50. The molecule has 1 aromatic carbocycles. The molecule has 0 radical (unpaired) electrons. The van der Waals surface area contributed by atoms with Crippen LogP contribution in [-0.2, 0) is 11.3 Å². The molecule has 1 amide bonds. The average Bonchev–Trinajstić information content (AvgIpc) is 2.56. The predicted octanol–water partition coefficient (Wildman–Crippen LogP) is 1.97. The summed E-state index contributed by atoms with van der Waals surface area (Å²) in [6, 6.07) is 6.21. The third kappa shape index (κ3) is 4.07. The Labute approximate surface area is 141 Å². The lowest BCUT2D eigenvalue weighted by molar-refractivity contribution is 0.103. The molecule has 1 aromatic rings. The minimum atomic E-state index is -0.831. The lowest BCUT2D eigenvalue weighted by Gasteiger charge is -2.33. The van der Waals surface area contributed by atoms with E-state index in [1.807, 2.05) is 6.07 Å². The third-order valence-electron chi connectivity index (χ3n) is 4.41. The Bertz CT molecular complexity index is 556. The van der Waals surface area contributed by atoms with Gasteiger partial charge in [0.15, 0.2) is 0 Å². The molecule has 0 saturated carbocycles. The number of rotatable bonds is 3. The highest BCUT2D eigenvalue weighted by atomic mass is 35.5. The van der Waals surface area contributed by atoms with Crippen LogP contribution in [0.2, 0.25) is 5.02 Å². The molecule has 2 aliphatic heterocycles.